The van der Waals surface area contributed by atoms with Crippen LogP contribution in [0.25, 0.3) is 33.0 Å². The number of aromatic hydroxyl groups is 1. The maximum absolute atomic E-state index is 11.5. The zero-order valence-corrected chi connectivity index (χ0v) is 11.9. The summed E-state index contributed by atoms with van der Waals surface area (Å²) in [5.74, 6) is 0.954. The molecule has 3 aromatic carbocycles. The van der Waals surface area contributed by atoms with Crippen molar-refractivity contribution in [2.45, 2.75) is 6.92 Å². The van der Waals surface area contributed by atoms with E-state index in [0.717, 1.165) is 38.6 Å². The Bertz CT molecular complexity index is 1070. The quantitative estimate of drug-likeness (QED) is 0.558. The molecule has 1 heterocycles. The SMILES string of the molecule is Cc1cc(O)ccc1-c1o[nH]c2c1ccc1cc(=O)ccc12. The number of H-pyrrole nitrogens is 1. The van der Waals surface area contributed by atoms with Gasteiger partial charge < -0.3 is 9.63 Å². The molecule has 0 aliphatic heterocycles. The monoisotopic (exact) mass is 291 g/mol. The molecule has 4 rings (SSSR count). The molecule has 0 aliphatic rings. The predicted molar refractivity (Wildman–Crippen MR) is 86.2 cm³/mol. The van der Waals surface area contributed by atoms with Gasteiger partial charge in [-0.25, -0.2) is 5.16 Å². The smallest absolute Gasteiger partial charge is 0.179 e. The van der Waals surface area contributed by atoms with E-state index >= 15 is 0 Å². The van der Waals surface area contributed by atoms with Crippen LogP contribution in [0.5, 0.6) is 5.75 Å². The van der Waals surface area contributed by atoms with E-state index < -0.39 is 0 Å². The molecule has 0 aliphatic carbocycles. The number of fused-ring (bicyclic) bond motifs is 3. The summed E-state index contributed by atoms with van der Waals surface area (Å²) in [5, 5.41) is 15.3. The Morgan fingerprint density at radius 1 is 1.00 bits per heavy atom. The first-order valence-corrected chi connectivity index (χ1v) is 6.97. The Morgan fingerprint density at radius 3 is 2.64 bits per heavy atom. The van der Waals surface area contributed by atoms with Crippen molar-refractivity contribution >= 4 is 21.7 Å². The number of phenols is 1. The number of rotatable bonds is 1. The lowest BCUT2D eigenvalue weighted by Gasteiger charge is -2.03. The van der Waals surface area contributed by atoms with Crippen molar-refractivity contribution in [2.24, 2.45) is 0 Å². The average Bonchev–Trinajstić information content (AvgIpc) is 2.91. The van der Waals surface area contributed by atoms with E-state index in [9.17, 15) is 9.90 Å². The van der Waals surface area contributed by atoms with Crippen LogP contribution in [0.15, 0.2) is 57.8 Å². The summed E-state index contributed by atoms with van der Waals surface area (Å²) in [6.45, 7) is 1.92. The van der Waals surface area contributed by atoms with Crippen molar-refractivity contribution in [1.82, 2.24) is 5.16 Å². The molecular formula is C18H13NO3. The Kier molecular flexibility index (Phi) is 2.60. The lowest BCUT2D eigenvalue weighted by molar-refractivity contribution is 0.441. The Balaban J connectivity index is 2.04. The predicted octanol–water partition coefficient (Wildman–Crippen LogP) is 3.96. The fourth-order valence-corrected chi connectivity index (χ4v) is 2.87. The highest BCUT2D eigenvalue weighted by atomic mass is 16.5. The summed E-state index contributed by atoms with van der Waals surface area (Å²) in [5.41, 5.74) is 2.70. The lowest BCUT2D eigenvalue weighted by atomic mass is 10.0. The zero-order chi connectivity index (χ0) is 15.3. The molecule has 0 bridgehead atoms. The van der Waals surface area contributed by atoms with Gasteiger partial charge in [0.2, 0.25) is 0 Å². The zero-order valence-electron chi connectivity index (χ0n) is 11.9. The van der Waals surface area contributed by atoms with Gasteiger partial charge in [0.05, 0.1) is 5.52 Å². The third kappa shape index (κ3) is 1.81. The average molecular weight is 291 g/mol. The summed E-state index contributed by atoms with van der Waals surface area (Å²) in [7, 11) is 0. The molecule has 0 fully saturated rings. The third-order valence-corrected chi connectivity index (χ3v) is 3.95. The van der Waals surface area contributed by atoms with E-state index in [2.05, 4.69) is 5.16 Å². The first-order chi connectivity index (χ1) is 10.6. The van der Waals surface area contributed by atoms with Gasteiger partial charge in [0, 0.05) is 16.3 Å². The number of aromatic amines is 1. The largest absolute Gasteiger partial charge is 0.508 e. The highest BCUT2D eigenvalue weighted by molar-refractivity contribution is 6.09. The summed E-state index contributed by atoms with van der Waals surface area (Å²) in [6.07, 6.45) is 0. The van der Waals surface area contributed by atoms with Crippen molar-refractivity contribution < 1.29 is 9.63 Å². The normalized spacial score (nSPS) is 11.3. The first-order valence-electron chi connectivity index (χ1n) is 6.97. The molecule has 2 N–H and O–H groups in total. The maximum Gasteiger partial charge on any atom is 0.179 e. The molecular weight excluding hydrogens is 278 g/mol. The fourth-order valence-electron chi connectivity index (χ4n) is 2.87. The van der Waals surface area contributed by atoms with Crippen LogP contribution in [0.2, 0.25) is 0 Å². The maximum atomic E-state index is 11.5. The van der Waals surface area contributed by atoms with Gasteiger partial charge in [0.15, 0.2) is 11.2 Å². The Hall–Kier alpha value is -3.01. The van der Waals surface area contributed by atoms with Gasteiger partial charge in [-0.3, -0.25) is 4.79 Å². The van der Waals surface area contributed by atoms with Gasteiger partial charge in [-0.1, -0.05) is 6.07 Å². The molecule has 0 saturated carbocycles. The number of benzene rings is 3. The number of hydrogen-bond acceptors (Lipinski definition) is 3. The molecule has 108 valence electrons. The van der Waals surface area contributed by atoms with E-state index in [4.69, 9.17) is 4.52 Å². The van der Waals surface area contributed by atoms with E-state index in [1.54, 1.807) is 30.3 Å². The van der Waals surface area contributed by atoms with Crippen molar-refractivity contribution in [3.05, 3.63) is 64.3 Å². The minimum atomic E-state index is -0.00931. The summed E-state index contributed by atoms with van der Waals surface area (Å²) in [6, 6.07) is 14.0. The van der Waals surface area contributed by atoms with Gasteiger partial charge in [0.25, 0.3) is 0 Å². The van der Waals surface area contributed by atoms with E-state index in [1.807, 2.05) is 25.1 Å². The fraction of sp³-hybridized carbons (Fsp3) is 0.0556. The highest BCUT2D eigenvalue weighted by Gasteiger charge is 2.14. The molecule has 0 atom stereocenters. The van der Waals surface area contributed by atoms with Crippen molar-refractivity contribution in [2.75, 3.05) is 0 Å². The van der Waals surface area contributed by atoms with Crippen molar-refractivity contribution in [1.29, 1.82) is 0 Å². The van der Waals surface area contributed by atoms with Crippen LogP contribution < -0.4 is 5.43 Å². The molecule has 0 radical (unpaired) electrons. The minimum Gasteiger partial charge on any atom is -0.508 e. The second-order valence-electron chi connectivity index (χ2n) is 5.40. The van der Waals surface area contributed by atoms with Crippen molar-refractivity contribution in [3.63, 3.8) is 0 Å². The first kappa shape index (κ1) is 12.7. The molecule has 0 spiro atoms. The summed E-state index contributed by atoms with van der Waals surface area (Å²) < 4.78 is 5.68. The summed E-state index contributed by atoms with van der Waals surface area (Å²) >= 11 is 0. The van der Waals surface area contributed by atoms with Crippen LogP contribution in [0, 0.1) is 6.92 Å². The van der Waals surface area contributed by atoms with Gasteiger partial charge in [-0.2, -0.15) is 0 Å². The van der Waals surface area contributed by atoms with Gasteiger partial charge in [0.1, 0.15) is 5.75 Å². The van der Waals surface area contributed by atoms with E-state index in [1.165, 1.54) is 0 Å². The number of hydrogen-bond donors (Lipinski definition) is 2. The topological polar surface area (TPSA) is 66.2 Å². The number of aromatic nitrogens is 1. The molecule has 22 heavy (non-hydrogen) atoms. The van der Waals surface area contributed by atoms with Crippen LogP contribution in [-0.4, -0.2) is 10.3 Å². The van der Waals surface area contributed by atoms with Gasteiger partial charge in [-0.05, 0) is 60.3 Å². The second-order valence-corrected chi connectivity index (χ2v) is 5.40. The highest BCUT2D eigenvalue weighted by Crippen LogP contribution is 2.35. The molecule has 0 unspecified atom stereocenters. The third-order valence-electron chi connectivity index (χ3n) is 3.95. The molecule has 0 saturated heterocycles. The molecule has 4 nitrogen and oxygen atoms in total. The van der Waals surface area contributed by atoms with Gasteiger partial charge >= 0.3 is 0 Å². The van der Waals surface area contributed by atoms with Crippen LogP contribution in [0.3, 0.4) is 0 Å². The van der Waals surface area contributed by atoms with Gasteiger partial charge in [-0.15, -0.1) is 0 Å². The Labute approximate surface area is 125 Å². The number of nitrogens with one attached hydrogen (secondary N) is 1. The summed E-state index contributed by atoms with van der Waals surface area (Å²) in [4.78, 5) is 11.5. The molecule has 1 aromatic heterocycles. The van der Waals surface area contributed by atoms with Crippen molar-refractivity contribution in [3.8, 4) is 17.1 Å². The molecule has 0 amide bonds. The van der Waals surface area contributed by atoms with Crippen LogP contribution in [-0.2, 0) is 0 Å². The molecule has 4 aromatic rings. The standard InChI is InChI=1S/C18H13NO3/c1-10-8-12(20)3-6-14(10)18-16-5-2-11-9-13(21)4-7-15(11)17(16)19-22-18/h2-9,19-20H,1H3. The number of phenolic OH excluding ortho intramolecular Hbond substituents is 1. The van der Waals surface area contributed by atoms with E-state index in [-0.39, 0.29) is 11.2 Å². The Morgan fingerprint density at radius 2 is 1.82 bits per heavy atom. The number of aryl methyl sites for hydroxylation is 1. The van der Waals surface area contributed by atoms with Crippen LogP contribution in [0.4, 0.5) is 0 Å². The van der Waals surface area contributed by atoms with E-state index in [0.29, 0.717) is 0 Å². The lowest BCUT2D eigenvalue weighted by Crippen LogP contribution is -1.94. The van der Waals surface area contributed by atoms with Crippen LogP contribution in [0.1, 0.15) is 5.56 Å². The molecule has 4 heteroatoms. The second kappa shape index (κ2) is 4.49. The van der Waals surface area contributed by atoms with Crippen LogP contribution >= 0.6 is 0 Å². The minimum absolute atomic E-state index is 0.00931.